The third kappa shape index (κ3) is 5.20. The zero-order valence-corrected chi connectivity index (χ0v) is 11.2. The number of rotatable bonds is 6. The van der Waals surface area contributed by atoms with Gasteiger partial charge in [-0.05, 0) is 43.5 Å². The van der Waals surface area contributed by atoms with E-state index in [-0.39, 0.29) is 12.6 Å². The average Bonchev–Trinajstić information content (AvgIpc) is 2.35. The highest BCUT2D eigenvalue weighted by Crippen LogP contribution is 2.30. The minimum Gasteiger partial charge on any atom is -0.396 e. The molecule has 2 unspecified atom stereocenters. The van der Waals surface area contributed by atoms with Gasteiger partial charge < -0.3 is 10.4 Å². The number of hydrogen-bond acceptors (Lipinski definition) is 2. The predicted molar refractivity (Wildman–Crippen MR) is 68.7 cm³/mol. The fourth-order valence-electron chi connectivity index (χ4n) is 1.80. The maximum absolute atomic E-state index is 12.6. The van der Waals surface area contributed by atoms with Gasteiger partial charge in [0, 0.05) is 12.6 Å². The molecule has 0 saturated carbocycles. The lowest BCUT2D eigenvalue weighted by Gasteiger charge is -2.18. The molecule has 0 aliphatic rings. The molecule has 0 radical (unpaired) electrons. The Morgan fingerprint density at radius 1 is 1.26 bits per heavy atom. The summed E-state index contributed by atoms with van der Waals surface area (Å²) in [7, 11) is 0. The summed E-state index contributed by atoms with van der Waals surface area (Å²) >= 11 is 0. The van der Waals surface area contributed by atoms with Crippen molar-refractivity contribution in [2.24, 2.45) is 5.92 Å². The molecule has 2 nitrogen and oxygen atoms in total. The van der Waals surface area contributed by atoms with E-state index in [0.29, 0.717) is 24.4 Å². The lowest BCUT2D eigenvalue weighted by molar-refractivity contribution is -0.137. The quantitative estimate of drug-likeness (QED) is 0.834. The highest BCUT2D eigenvalue weighted by atomic mass is 19.4. The highest BCUT2D eigenvalue weighted by Gasteiger charge is 2.30. The smallest absolute Gasteiger partial charge is 0.396 e. The van der Waals surface area contributed by atoms with E-state index in [1.54, 1.807) is 6.07 Å². The van der Waals surface area contributed by atoms with Crippen LogP contribution in [0.5, 0.6) is 0 Å². The molecule has 0 aliphatic carbocycles. The van der Waals surface area contributed by atoms with Gasteiger partial charge in [-0.2, -0.15) is 13.2 Å². The van der Waals surface area contributed by atoms with E-state index < -0.39 is 11.7 Å². The van der Waals surface area contributed by atoms with Crippen LogP contribution in [0.4, 0.5) is 13.2 Å². The van der Waals surface area contributed by atoms with E-state index in [1.807, 2.05) is 13.8 Å². The van der Waals surface area contributed by atoms with Crippen molar-refractivity contribution in [3.05, 3.63) is 35.4 Å². The van der Waals surface area contributed by atoms with Gasteiger partial charge in [-0.3, -0.25) is 0 Å². The second kappa shape index (κ2) is 6.91. The van der Waals surface area contributed by atoms with E-state index in [4.69, 9.17) is 5.11 Å². The summed E-state index contributed by atoms with van der Waals surface area (Å²) in [5.41, 5.74) is -0.00641. The van der Waals surface area contributed by atoms with Gasteiger partial charge in [-0.1, -0.05) is 19.1 Å². The molecule has 1 aromatic carbocycles. The molecule has 0 amide bonds. The number of halogens is 3. The second-order valence-electron chi connectivity index (χ2n) is 4.87. The minimum absolute atomic E-state index is 0.126. The summed E-state index contributed by atoms with van der Waals surface area (Å²) in [6.45, 7) is 4.61. The van der Waals surface area contributed by atoms with E-state index in [1.165, 1.54) is 12.1 Å². The van der Waals surface area contributed by atoms with Crippen LogP contribution in [0, 0.1) is 5.92 Å². The molecule has 0 spiro atoms. The van der Waals surface area contributed by atoms with Crippen molar-refractivity contribution in [1.29, 1.82) is 0 Å². The molecule has 1 aromatic rings. The van der Waals surface area contributed by atoms with Gasteiger partial charge in [0.1, 0.15) is 0 Å². The third-order valence-electron chi connectivity index (χ3n) is 3.11. The Bertz CT molecular complexity index is 393. The first-order valence-corrected chi connectivity index (χ1v) is 6.36. The van der Waals surface area contributed by atoms with Crippen LogP contribution in [0.2, 0.25) is 0 Å². The Labute approximate surface area is 111 Å². The zero-order valence-electron chi connectivity index (χ0n) is 11.2. The van der Waals surface area contributed by atoms with Gasteiger partial charge in [-0.15, -0.1) is 0 Å². The molecule has 2 N–H and O–H groups in total. The minimum atomic E-state index is -4.31. The lowest BCUT2D eigenvalue weighted by atomic mass is 10.0. The standard InChI is InChI=1S/C14H20F3NO/c1-10(6-7-19)9-18-11(2)12-4-3-5-13(8-12)14(15,16)17/h3-5,8,10-11,18-19H,6-7,9H2,1-2H3. The Morgan fingerprint density at radius 3 is 2.53 bits per heavy atom. The molecular weight excluding hydrogens is 255 g/mol. The van der Waals surface area contributed by atoms with Crippen LogP contribution in [0.1, 0.15) is 37.4 Å². The molecule has 0 bridgehead atoms. The largest absolute Gasteiger partial charge is 0.416 e. The molecule has 1 rings (SSSR count). The third-order valence-corrected chi connectivity index (χ3v) is 3.11. The summed E-state index contributed by atoms with van der Waals surface area (Å²) in [5.74, 6) is 0.290. The van der Waals surface area contributed by atoms with E-state index in [2.05, 4.69) is 5.32 Å². The van der Waals surface area contributed by atoms with Crippen LogP contribution < -0.4 is 5.32 Å². The highest BCUT2D eigenvalue weighted by molar-refractivity contribution is 5.27. The zero-order chi connectivity index (χ0) is 14.5. The molecule has 2 atom stereocenters. The number of aliphatic hydroxyl groups is 1. The Kier molecular flexibility index (Phi) is 5.82. The van der Waals surface area contributed by atoms with Crippen molar-refractivity contribution in [2.45, 2.75) is 32.5 Å². The van der Waals surface area contributed by atoms with Crippen LogP contribution in [0.3, 0.4) is 0 Å². The average molecular weight is 275 g/mol. The first kappa shape index (κ1) is 16.0. The van der Waals surface area contributed by atoms with Crippen LogP contribution in [-0.2, 0) is 6.18 Å². The summed E-state index contributed by atoms with van der Waals surface area (Å²) in [5, 5.41) is 12.0. The van der Waals surface area contributed by atoms with Gasteiger partial charge >= 0.3 is 6.18 Å². The monoisotopic (exact) mass is 275 g/mol. The topological polar surface area (TPSA) is 32.3 Å². The molecule has 0 fully saturated rings. The first-order valence-electron chi connectivity index (χ1n) is 6.36. The van der Waals surface area contributed by atoms with Crippen molar-refractivity contribution in [3.63, 3.8) is 0 Å². The second-order valence-corrected chi connectivity index (χ2v) is 4.87. The SMILES string of the molecule is CC(CCO)CNC(C)c1cccc(C(F)(F)F)c1. The van der Waals surface area contributed by atoms with Gasteiger partial charge in [0.2, 0.25) is 0 Å². The Hall–Kier alpha value is -1.07. The van der Waals surface area contributed by atoms with Gasteiger partial charge in [0.05, 0.1) is 5.56 Å². The lowest BCUT2D eigenvalue weighted by Crippen LogP contribution is -2.25. The Balaban J connectivity index is 2.64. The molecule has 0 heterocycles. The van der Waals surface area contributed by atoms with Crippen molar-refractivity contribution >= 4 is 0 Å². The van der Waals surface area contributed by atoms with Crippen LogP contribution >= 0.6 is 0 Å². The molecule has 5 heteroatoms. The number of alkyl halides is 3. The molecule has 19 heavy (non-hydrogen) atoms. The first-order chi connectivity index (χ1) is 8.84. The molecular formula is C14H20F3NO. The summed E-state index contributed by atoms with van der Waals surface area (Å²) in [4.78, 5) is 0. The molecule has 0 aromatic heterocycles. The van der Waals surface area contributed by atoms with Gasteiger partial charge in [0.15, 0.2) is 0 Å². The fourth-order valence-corrected chi connectivity index (χ4v) is 1.80. The number of nitrogens with one attached hydrogen (secondary N) is 1. The summed E-state index contributed by atoms with van der Waals surface area (Å²) < 4.78 is 37.8. The predicted octanol–water partition coefficient (Wildman–Crippen LogP) is 3.37. The van der Waals surface area contributed by atoms with E-state index >= 15 is 0 Å². The number of aliphatic hydroxyl groups excluding tert-OH is 1. The molecule has 0 aliphatic heterocycles. The van der Waals surface area contributed by atoms with E-state index in [0.717, 1.165) is 6.07 Å². The Morgan fingerprint density at radius 2 is 1.95 bits per heavy atom. The maximum Gasteiger partial charge on any atom is 0.416 e. The van der Waals surface area contributed by atoms with Crippen molar-refractivity contribution in [3.8, 4) is 0 Å². The molecule has 108 valence electrons. The number of hydrogen-bond donors (Lipinski definition) is 2. The van der Waals surface area contributed by atoms with Gasteiger partial charge in [-0.25, -0.2) is 0 Å². The normalized spacial score (nSPS) is 15.3. The van der Waals surface area contributed by atoms with Gasteiger partial charge in [0.25, 0.3) is 0 Å². The van der Waals surface area contributed by atoms with Crippen molar-refractivity contribution in [1.82, 2.24) is 5.32 Å². The fraction of sp³-hybridized carbons (Fsp3) is 0.571. The van der Waals surface area contributed by atoms with Crippen molar-refractivity contribution in [2.75, 3.05) is 13.2 Å². The van der Waals surface area contributed by atoms with Crippen LogP contribution in [0.15, 0.2) is 24.3 Å². The summed E-state index contributed by atoms with van der Waals surface area (Å²) in [6.07, 6.45) is -3.62. The number of benzene rings is 1. The van der Waals surface area contributed by atoms with Crippen LogP contribution in [0.25, 0.3) is 0 Å². The maximum atomic E-state index is 12.6. The van der Waals surface area contributed by atoms with E-state index in [9.17, 15) is 13.2 Å². The van der Waals surface area contributed by atoms with Crippen molar-refractivity contribution < 1.29 is 18.3 Å². The van der Waals surface area contributed by atoms with Crippen LogP contribution in [-0.4, -0.2) is 18.3 Å². The summed E-state index contributed by atoms with van der Waals surface area (Å²) in [6, 6.07) is 5.21. The molecule has 0 saturated heterocycles.